The molecular formula is C19H21ClF3N3O5. The van der Waals surface area contributed by atoms with Crippen molar-refractivity contribution in [3.63, 3.8) is 0 Å². The van der Waals surface area contributed by atoms with E-state index in [0.717, 1.165) is 18.5 Å². The summed E-state index contributed by atoms with van der Waals surface area (Å²) < 4.78 is 33.0. The zero-order valence-electron chi connectivity index (χ0n) is 16.4. The third-order valence-electron chi connectivity index (χ3n) is 4.67. The monoisotopic (exact) mass is 463 g/mol. The van der Waals surface area contributed by atoms with Crippen LogP contribution in [0.15, 0.2) is 23.3 Å². The lowest BCUT2D eigenvalue weighted by atomic mass is 9.97. The normalized spacial score (nSPS) is 18.9. The van der Waals surface area contributed by atoms with E-state index in [9.17, 15) is 27.9 Å². The molecule has 170 valence electrons. The molecule has 1 saturated heterocycles. The summed E-state index contributed by atoms with van der Waals surface area (Å²) in [4.78, 5) is 38.0. The molecule has 1 aliphatic heterocycles. The van der Waals surface area contributed by atoms with Gasteiger partial charge in [-0.2, -0.15) is 13.2 Å². The van der Waals surface area contributed by atoms with Crippen molar-refractivity contribution in [1.82, 2.24) is 14.9 Å². The number of carbonyl (C=O) groups excluding carboxylic acids is 1. The van der Waals surface area contributed by atoms with E-state index < -0.39 is 18.2 Å². The van der Waals surface area contributed by atoms with Crippen molar-refractivity contribution in [1.29, 1.82) is 0 Å². The number of ketones is 1. The minimum absolute atomic E-state index is 0.0573. The maximum Gasteiger partial charge on any atom is 0.490 e. The van der Waals surface area contributed by atoms with Crippen molar-refractivity contribution in [2.24, 2.45) is 0 Å². The molecule has 12 heteroatoms. The van der Waals surface area contributed by atoms with E-state index in [1.165, 1.54) is 10.9 Å². The minimum atomic E-state index is -5.08. The van der Waals surface area contributed by atoms with E-state index in [0.29, 0.717) is 22.3 Å². The van der Waals surface area contributed by atoms with E-state index >= 15 is 0 Å². The van der Waals surface area contributed by atoms with Crippen LogP contribution in [0.25, 0.3) is 10.9 Å². The Balaban J connectivity index is 0.000000423. The first-order valence-electron chi connectivity index (χ1n) is 9.28. The number of nitrogens with one attached hydrogen (secondary N) is 1. The minimum Gasteiger partial charge on any atom is -0.475 e. The Bertz CT molecular complexity index is 1030. The molecule has 0 radical (unpaired) electrons. The van der Waals surface area contributed by atoms with E-state index in [4.69, 9.17) is 21.5 Å². The molecule has 0 aliphatic carbocycles. The number of piperidine rings is 1. The number of alkyl halides is 3. The summed E-state index contributed by atoms with van der Waals surface area (Å²) in [5.41, 5.74) is 1.14. The van der Waals surface area contributed by atoms with E-state index in [2.05, 4.69) is 10.3 Å². The Morgan fingerprint density at radius 1 is 1.35 bits per heavy atom. The molecule has 3 N–H and O–H groups in total. The number of aliphatic carboxylic acids is 1. The molecule has 1 aromatic carbocycles. The van der Waals surface area contributed by atoms with Crippen molar-refractivity contribution in [3.8, 4) is 0 Å². The molecule has 3 rings (SSSR count). The maximum atomic E-state index is 12.6. The molecular weight excluding hydrogens is 443 g/mol. The largest absolute Gasteiger partial charge is 0.490 e. The molecule has 1 aromatic heterocycles. The zero-order valence-corrected chi connectivity index (χ0v) is 17.2. The first kappa shape index (κ1) is 24.8. The number of carbonyl (C=O) groups is 2. The van der Waals surface area contributed by atoms with Gasteiger partial charge in [0.25, 0.3) is 5.56 Å². The van der Waals surface area contributed by atoms with Crippen LogP contribution in [0.3, 0.4) is 0 Å². The third kappa shape index (κ3) is 6.74. The molecule has 2 atom stereocenters. The second-order valence-corrected chi connectivity index (χ2v) is 7.55. The number of carboxylic acid groups (broad SMARTS) is 1. The molecule has 8 nitrogen and oxygen atoms in total. The van der Waals surface area contributed by atoms with Crippen LogP contribution in [0.5, 0.6) is 0 Å². The van der Waals surface area contributed by atoms with E-state index in [1.807, 2.05) is 6.92 Å². The summed E-state index contributed by atoms with van der Waals surface area (Å²) in [6.07, 6.45) is -2.41. The lowest BCUT2D eigenvalue weighted by Gasteiger charge is -2.28. The number of aryl methyl sites for hydroxylation is 1. The van der Waals surface area contributed by atoms with Crippen LogP contribution < -0.4 is 10.9 Å². The maximum absolute atomic E-state index is 12.6. The van der Waals surface area contributed by atoms with Crippen LogP contribution in [-0.2, 0) is 16.1 Å². The molecule has 2 aromatic rings. The molecule has 2 heterocycles. The number of aromatic nitrogens is 2. The van der Waals surface area contributed by atoms with Gasteiger partial charge in [0.05, 0.1) is 29.9 Å². The highest BCUT2D eigenvalue weighted by atomic mass is 35.5. The molecule has 1 fully saturated rings. The lowest BCUT2D eigenvalue weighted by Crippen LogP contribution is -2.46. The number of rotatable bonds is 4. The summed E-state index contributed by atoms with van der Waals surface area (Å²) in [5, 5.41) is 21.1. The van der Waals surface area contributed by atoms with Crippen molar-refractivity contribution in [3.05, 3.63) is 39.4 Å². The summed E-state index contributed by atoms with van der Waals surface area (Å²) in [6, 6.07) is 3.08. The number of carboxylic acids is 1. The Morgan fingerprint density at radius 2 is 2.00 bits per heavy atom. The van der Waals surface area contributed by atoms with Gasteiger partial charge in [-0.05, 0) is 44.0 Å². The summed E-state index contributed by atoms with van der Waals surface area (Å²) in [7, 11) is 0. The highest BCUT2D eigenvalue weighted by Crippen LogP contribution is 2.19. The van der Waals surface area contributed by atoms with Gasteiger partial charge in [-0.3, -0.25) is 14.2 Å². The first-order valence-corrected chi connectivity index (χ1v) is 9.66. The number of Topliss-reactive ketones (excluding diaryl/α,β-unsaturated/α-hetero) is 1. The van der Waals surface area contributed by atoms with E-state index in [1.54, 1.807) is 12.1 Å². The number of nitrogens with zero attached hydrogens (tertiary/aromatic N) is 2. The van der Waals surface area contributed by atoms with Gasteiger partial charge >= 0.3 is 12.1 Å². The standard InChI is InChI=1S/C17H20ClN3O3.C2HF3O2/c1-10-5-11(18)6-13-16(10)20-9-21(17(13)24)8-12(22)7-14-15(23)3-2-4-19-14;3-2(4,5)1(6)7/h5-6,9,14-15,19,23H,2-4,7-8H2,1H3;(H,6,7)/t14-,15+;/m1./s1. The Hall–Kier alpha value is -2.50. The Morgan fingerprint density at radius 3 is 2.58 bits per heavy atom. The predicted octanol–water partition coefficient (Wildman–Crippen LogP) is 2.06. The van der Waals surface area contributed by atoms with Gasteiger partial charge < -0.3 is 15.5 Å². The van der Waals surface area contributed by atoms with Crippen LogP contribution in [0.1, 0.15) is 24.8 Å². The fourth-order valence-electron chi connectivity index (χ4n) is 3.16. The summed E-state index contributed by atoms with van der Waals surface area (Å²) >= 11 is 6.02. The number of hydrogen-bond donors (Lipinski definition) is 3. The molecule has 31 heavy (non-hydrogen) atoms. The SMILES string of the molecule is Cc1cc(Cl)cc2c(=O)n(CC(=O)C[C@H]3NCCC[C@@H]3O)cnc12.O=C(O)C(F)(F)F. The fraction of sp³-hybridized carbons (Fsp3) is 0.474. The topological polar surface area (TPSA) is 122 Å². The van der Waals surface area contributed by atoms with Gasteiger partial charge in [-0.25, -0.2) is 9.78 Å². The molecule has 0 unspecified atom stereocenters. The smallest absolute Gasteiger partial charge is 0.475 e. The molecule has 0 spiro atoms. The summed E-state index contributed by atoms with van der Waals surface area (Å²) in [6.45, 7) is 2.58. The van der Waals surface area contributed by atoms with Gasteiger partial charge in [0.15, 0.2) is 5.78 Å². The predicted molar refractivity (Wildman–Crippen MR) is 106 cm³/mol. The zero-order chi connectivity index (χ0) is 23.3. The average molecular weight is 464 g/mol. The molecule has 0 saturated carbocycles. The second-order valence-electron chi connectivity index (χ2n) is 7.11. The fourth-order valence-corrected chi connectivity index (χ4v) is 3.43. The molecule has 1 aliphatic rings. The quantitative estimate of drug-likeness (QED) is 0.634. The number of hydrogen-bond acceptors (Lipinski definition) is 6. The highest BCUT2D eigenvalue weighted by molar-refractivity contribution is 6.31. The number of fused-ring (bicyclic) bond motifs is 1. The van der Waals surface area contributed by atoms with Crippen molar-refractivity contribution in [2.45, 2.75) is 51.1 Å². The van der Waals surface area contributed by atoms with Crippen LogP contribution in [0, 0.1) is 6.92 Å². The Kier molecular flexibility index (Phi) is 8.15. The highest BCUT2D eigenvalue weighted by Gasteiger charge is 2.38. The van der Waals surface area contributed by atoms with Crippen LogP contribution in [0.2, 0.25) is 5.02 Å². The molecule has 0 amide bonds. The van der Waals surface area contributed by atoms with Crippen molar-refractivity contribution >= 4 is 34.3 Å². The number of aliphatic hydroxyl groups is 1. The van der Waals surface area contributed by atoms with Crippen LogP contribution in [0.4, 0.5) is 13.2 Å². The third-order valence-corrected chi connectivity index (χ3v) is 4.89. The lowest BCUT2D eigenvalue weighted by molar-refractivity contribution is -0.192. The summed E-state index contributed by atoms with van der Waals surface area (Å²) in [5.74, 6) is -2.87. The van der Waals surface area contributed by atoms with Gasteiger partial charge in [-0.15, -0.1) is 0 Å². The van der Waals surface area contributed by atoms with Crippen LogP contribution in [-0.4, -0.2) is 56.4 Å². The molecule has 0 bridgehead atoms. The van der Waals surface area contributed by atoms with Gasteiger partial charge in [0.2, 0.25) is 0 Å². The number of halogens is 4. The van der Waals surface area contributed by atoms with Gasteiger partial charge in [0, 0.05) is 17.5 Å². The van der Waals surface area contributed by atoms with Crippen molar-refractivity contribution < 1.29 is 33.0 Å². The average Bonchev–Trinajstić information content (AvgIpc) is 2.66. The van der Waals surface area contributed by atoms with Gasteiger partial charge in [0.1, 0.15) is 0 Å². The number of aliphatic hydroxyl groups excluding tert-OH is 1. The first-order chi connectivity index (χ1) is 14.4. The van der Waals surface area contributed by atoms with Crippen molar-refractivity contribution in [2.75, 3.05) is 6.54 Å². The Labute approximate surface area is 179 Å². The number of benzene rings is 1. The van der Waals surface area contributed by atoms with Gasteiger partial charge in [-0.1, -0.05) is 11.6 Å². The van der Waals surface area contributed by atoms with E-state index in [-0.39, 0.29) is 30.3 Å². The second kappa shape index (κ2) is 10.2. The van der Waals surface area contributed by atoms with Crippen LogP contribution >= 0.6 is 11.6 Å².